The fraction of sp³-hybridized carbons (Fsp3) is 0.0588. The zero-order chi connectivity index (χ0) is 15.2. The molecule has 0 atom stereocenters. The van der Waals surface area contributed by atoms with E-state index in [9.17, 15) is 9.59 Å². The van der Waals surface area contributed by atoms with Gasteiger partial charge in [-0.05, 0) is 30.4 Å². The monoisotopic (exact) mass is 300 g/mol. The lowest BCUT2D eigenvalue weighted by molar-refractivity contribution is 0.102. The van der Waals surface area contributed by atoms with Gasteiger partial charge in [0.2, 0.25) is 0 Å². The van der Waals surface area contributed by atoms with Gasteiger partial charge in [-0.15, -0.1) is 0 Å². The summed E-state index contributed by atoms with van der Waals surface area (Å²) < 4.78 is 5.02. The van der Waals surface area contributed by atoms with Gasteiger partial charge < -0.3 is 4.74 Å². The molecule has 0 saturated carbocycles. The molecule has 0 amide bonds. The van der Waals surface area contributed by atoms with E-state index in [4.69, 9.17) is 16.3 Å². The summed E-state index contributed by atoms with van der Waals surface area (Å²) in [5.41, 5.74) is 0.937. The van der Waals surface area contributed by atoms with E-state index in [1.54, 1.807) is 36.4 Å². The van der Waals surface area contributed by atoms with Crippen LogP contribution in [0.5, 0.6) is 5.75 Å². The van der Waals surface area contributed by atoms with Gasteiger partial charge in [-0.3, -0.25) is 9.59 Å². The third-order valence-corrected chi connectivity index (χ3v) is 3.18. The van der Waals surface area contributed by atoms with Gasteiger partial charge in [-0.1, -0.05) is 41.9 Å². The number of ether oxygens (including phenoxy) is 1. The topological polar surface area (TPSA) is 43.4 Å². The Balaban J connectivity index is 2.13. The average molecular weight is 301 g/mol. The van der Waals surface area contributed by atoms with Crippen LogP contribution in [0.1, 0.15) is 20.7 Å². The summed E-state index contributed by atoms with van der Waals surface area (Å²) in [4.78, 5) is 23.9. The molecule has 2 aromatic carbocycles. The highest BCUT2D eigenvalue weighted by atomic mass is 35.5. The number of benzene rings is 2. The van der Waals surface area contributed by atoms with Crippen LogP contribution in [0.15, 0.2) is 60.7 Å². The maximum atomic E-state index is 12.0. The first-order valence-electron chi connectivity index (χ1n) is 6.27. The van der Waals surface area contributed by atoms with Crippen LogP contribution >= 0.6 is 11.6 Å². The van der Waals surface area contributed by atoms with Crippen LogP contribution in [-0.2, 0) is 0 Å². The number of carbonyl (C=O) groups is 2. The van der Waals surface area contributed by atoms with Crippen LogP contribution in [0.25, 0.3) is 0 Å². The highest BCUT2D eigenvalue weighted by molar-refractivity contribution is 6.32. The Bertz CT molecular complexity index is 690. The molecule has 0 spiro atoms. The fourth-order valence-electron chi connectivity index (χ4n) is 1.77. The van der Waals surface area contributed by atoms with Gasteiger partial charge in [0.15, 0.2) is 11.6 Å². The molecule has 0 unspecified atom stereocenters. The minimum Gasteiger partial charge on any atom is -0.495 e. The summed E-state index contributed by atoms with van der Waals surface area (Å²) >= 11 is 5.96. The molecule has 2 rings (SSSR count). The van der Waals surface area contributed by atoms with Gasteiger partial charge in [-0.25, -0.2) is 0 Å². The molecule has 0 bridgehead atoms. The molecule has 3 nitrogen and oxygen atoms in total. The summed E-state index contributed by atoms with van der Waals surface area (Å²) in [6.45, 7) is 0. The van der Waals surface area contributed by atoms with E-state index in [1.807, 2.05) is 6.07 Å². The van der Waals surface area contributed by atoms with Crippen molar-refractivity contribution in [3.63, 3.8) is 0 Å². The van der Waals surface area contributed by atoms with Gasteiger partial charge in [0.05, 0.1) is 12.1 Å². The molecule has 106 valence electrons. The third kappa shape index (κ3) is 3.80. The number of halogens is 1. The second-order valence-corrected chi connectivity index (χ2v) is 4.68. The minimum absolute atomic E-state index is 0.219. The highest BCUT2D eigenvalue weighted by Gasteiger charge is 2.07. The van der Waals surface area contributed by atoms with Crippen LogP contribution in [0.4, 0.5) is 0 Å². The normalized spacial score (nSPS) is 10.6. The third-order valence-electron chi connectivity index (χ3n) is 2.88. The predicted octanol–water partition coefficient (Wildman–Crippen LogP) is 3.97. The van der Waals surface area contributed by atoms with Crippen molar-refractivity contribution in [2.24, 2.45) is 0 Å². The fourth-order valence-corrected chi connectivity index (χ4v) is 2.02. The molecule has 4 heteroatoms. The van der Waals surface area contributed by atoms with Crippen LogP contribution in [0, 0.1) is 0 Å². The SMILES string of the molecule is COc1ccc(C(=O)C=CC(=O)c2ccccc2)cc1Cl. The number of rotatable bonds is 5. The largest absolute Gasteiger partial charge is 0.495 e. The Morgan fingerprint density at radius 3 is 2.14 bits per heavy atom. The van der Waals surface area contributed by atoms with Gasteiger partial charge in [-0.2, -0.15) is 0 Å². The quantitative estimate of drug-likeness (QED) is 0.620. The number of ketones is 2. The molecular formula is C17H13ClO3. The average Bonchev–Trinajstić information content (AvgIpc) is 2.53. The van der Waals surface area contributed by atoms with Gasteiger partial charge in [0.25, 0.3) is 0 Å². The van der Waals surface area contributed by atoms with E-state index in [0.29, 0.717) is 21.9 Å². The first kappa shape index (κ1) is 15.0. The zero-order valence-electron chi connectivity index (χ0n) is 11.4. The maximum absolute atomic E-state index is 12.0. The number of allylic oxidation sites excluding steroid dienone is 2. The van der Waals surface area contributed by atoms with Crippen molar-refractivity contribution in [1.82, 2.24) is 0 Å². The van der Waals surface area contributed by atoms with E-state index >= 15 is 0 Å². The first-order chi connectivity index (χ1) is 10.1. The van der Waals surface area contributed by atoms with Crippen molar-refractivity contribution in [1.29, 1.82) is 0 Å². The Morgan fingerprint density at radius 2 is 1.57 bits per heavy atom. The molecule has 0 fully saturated rings. The number of carbonyl (C=O) groups excluding carboxylic acids is 2. The van der Waals surface area contributed by atoms with E-state index in [0.717, 1.165) is 0 Å². The lowest BCUT2D eigenvalue weighted by atomic mass is 10.1. The van der Waals surface area contributed by atoms with E-state index in [1.165, 1.54) is 25.3 Å². The summed E-state index contributed by atoms with van der Waals surface area (Å²) in [6, 6.07) is 13.5. The summed E-state index contributed by atoms with van der Waals surface area (Å²) in [5, 5.41) is 0.353. The van der Waals surface area contributed by atoms with Crippen LogP contribution in [0.2, 0.25) is 5.02 Å². The van der Waals surface area contributed by atoms with Crippen molar-refractivity contribution in [2.75, 3.05) is 7.11 Å². The van der Waals surface area contributed by atoms with Crippen LogP contribution in [-0.4, -0.2) is 18.7 Å². The van der Waals surface area contributed by atoms with Gasteiger partial charge in [0.1, 0.15) is 5.75 Å². The Hall–Kier alpha value is -2.39. The number of hydrogen-bond acceptors (Lipinski definition) is 3. The van der Waals surface area contributed by atoms with Gasteiger partial charge >= 0.3 is 0 Å². The van der Waals surface area contributed by atoms with Gasteiger partial charge in [0, 0.05) is 11.1 Å². The van der Waals surface area contributed by atoms with Crippen molar-refractivity contribution >= 4 is 23.2 Å². The maximum Gasteiger partial charge on any atom is 0.186 e. The molecule has 21 heavy (non-hydrogen) atoms. The summed E-state index contributed by atoms with van der Waals surface area (Å²) in [5.74, 6) is -0.00930. The molecule has 0 saturated heterocycles. The first-order valence-corrected chi connectivity index (χ1v) is 6.65. The second kappa shape index (κ2) is 6.86. The molecule has 0 aromatic heterocycles. The number of methoxy groups -OCH3 is 1. The van der Waals surface area contributed by atoms with E-state index in [-0.39, 0.29) is 11.6 Å². The molecule has 2 aromatic rings. The van der Waals surface area contributed by atoms with Crippen molar-refractivity contribution in [3.8, 4) is 5.75 Å². The minimum atomic E-state index is -0.288. The lowest BCUT2D eigenvalue weighted by Gasteiger charge is -2.03. The molecule has 0 N–H and O–H groups in total. The standard InChI is InChI=1S/C17H13ClO3/c1-21-17-10-7-13(11-14(17)18)16(20)9-8-15(19)12-5-3-2-4-6-12/h2-11H,1H3. The van der Waals surface area contributed by atoms with E-state index < -0.39 is 0 Å². The molecule has 0 aliphatic rings. The summed E-state index contributed by atoms with van der Waals surface area (Å²) in [7, 11) is 1.50. The number of hydrogen-bond donors (Lipinski definition) is 0. The van der Waals surface area contributed by atoms with E-state index in [2.05, 4.69) is 0 Å². The second-order valence-electron chi connectivity index (χ2n) is 4.28. The zero-order valence-corrected chi connectivity index (χ0v) is 12.1. The Morgan fingerprint density at radius 1 is 0.952 bits per heavy atom. The summed E-state index contributed by atoms with van der Waals surface area (Å²) in [6.07, 6.45) is 2.50. The lowest BCUT2D eigenvalue weighted by Crippen LogP contribution is -1.98. The Labute approximate surface area is 127 Å². The highest BCUT2D eigenvalue weighted by Crippen LogP contribution is 2.25. The molecular weight excluding hydrogens is 288 g/mol. The molecule has 0 aliphatic carbocycles. The van der Waals surface area contributed by atoms with Crippen molar-refractivity contribution in [3.05, 3.63) is 76.8 Å². The molecule has 0 radical (unpaired) electrons. The van der Waals surface area contributed by atoms with Crippen molar-refractivity contribution in [2.45, 2.75) is 0 Å². The predicted molar refractivity (Wildman–Crippen MR) is 82.2 cm³/mol. The smallest absolute Gasteiger partial charge is 0.186 e. The van der Waals surface area contributed by atoms with Crippen molar-refractivity contribution < 1.29 is 14.3 Å². The van der Waals surface area contributed by atoms with Crippen LogP contribution in [0.3, 0.4) is 0 Å². The Kier molecular flexibility index (Phi) is 4.90. The molecule has 0 heterocycles. The van der Waals surface area contributed by atoms with Crippen LogP contribution < -0.4 is 4.74 Å². The molecule has 0 aliphatic heterocycles.